The van der Waals surface area contributed by atoms with Crippen molar-refractivity contribution in [2.24, 2.45) is 0 Å². The van der Waals surface area contributed by atoms with E-state index in [1.165, 1.54) is 6.26 Å². The predicted molar refractivity (Wildman–Crippen MR) is 90.8 cm³/mol. The van der Waals surface area contributed by atoms with E-state index in [2.05, 4.69) is 21.2 Å². The fraction of sp³-hybridized carbons (Fsp3) is 0.200. The summed E-state index contributed by atoms with van der Waals surface area (Å²) in [5.74, 6) is 0. The maximum absolute atomic E-state index is 11.6. The van der Waals surface area contributed by atoms with Gasteiger partial charge in [0.2, 0.25) is 0 Å². The third-order valence-electron chi connectivity index (χ3n) is 3.12. The zero-order valence-corrected chi connectivity index (χ0v) is 14.8. The maximum atomic E-state index is 11.6. The second-order valence-electron chi connectivity index (χ2n) is 4.84. The number of rotatable bonds is 4. The summed E-state index contributed by atoms with van der Waals surface area (Å²) in [5, 5.41) is 3.90. The van der Waals surface area contributed by atoms with Gasteiger partial charge in [0.05, 0.1) is 4.90 Å². The highest BCUT2D eigenvalue weighted by molar-refractivity contribution is 9.10. The molecule has 0 aliphatic heterocycles. The van der Waals surface area contributed by atoms with Crippen molar-refractivity contribution in [3.05, 3.63) is 57.0 Å². The van der Waals surface area contributed by atoms with E-state index in [1.807, 2.05) is 25.1 Å². The van der Waals surface area contributed by atoms with Crippen LogP contribution in [0.15, 0.2) is 45.8 Å². The molecule has 2 rings (SSSR count). The minimum Gasteiger partial charge on any atom is -0.381 e. The van der Waals surface area contributed by atoms with E-state index >= 15 is 0 Å². The molecule has 3 nitrogen and oxygen atoms in total. The van der Waals surface area contributed by atoms with Crippen LogP contribution < -0.4 is 5.32 Å². The van der Waals surface area contributed by atoms with Gasteiger partial charge in [0, 0.05) is 28.0 Å². The third-order valence-corrected chi connectivity index (χ3v) is 5.08. The molecular formula is C15H15BrClNO2S. The number of halogens is 2. The second kappa shape index (κ2) is 6.38. The van der Waals surface area contributed by atoms with Gasteiger partial charge in [0.25, 0.3) is 0 Å². The number of sulfone groups is 1. The van der Waals surface area contributed by atoms with Crippen LogP contribution in [0.4, 0.5) is 5.69 Å². The molecule has 0 aliphatic carbocycles. The number of nitrogens with one attached hydrogen (secondary N) is 1. The molecule has 112 valence electrons. The minimum absolute atomic E-state index is 0.303. The Labute approximate surface area is 138 Å². The van der Waals surface area contributed by atoms with Crippen LogP contribution >= 0.6 is 27.5 Å². The molecule has 21 heavy (non-hydrogen) atoms. The zero-order chi connectivity index (χ0) is 15.6. The van der Waals surface area contributed by atoms with Gasteiger partial charge in [-0.25, -0.2) is 8.42 Å². The predicted octanol–water partition coefficient (Wildman–Crippen LogP) is 4.43. The average Bonchev–Trinajstić information content (AvgIpc) is 2.38. The molecule has 2 aromatic carbocycles. The molecule has 0 fully saturated rings. The van der Waals surface area contributed by atoms with Crippen molar-refractivity contribution in [1.82, 2.24) is 0 Å². The van der Waals surface area contributed by atoms with E-state index in [9.17, 15) is 8.42 Å². The highest BCUT2D eigenvalue weighted by atomic mass is 79.9. The van der Waals surface area contributed by atoms with Crippen LogP contribution in [0.5, 0.6) is 0 Å². The van der Waals surface area contributed by atoms with Crippen molar-refractivity contribution in [2.75, 3.05) is 11.6 Å². The van der Waals surface area contributed by atoms with Crippen molar-refractivity contribution in [1.29, 1.82) is 0 Å². The average molecular weight is 389 g/mol. The third kappa shape index (κ3) is 4.22. The van der Waals surface area contributed by atoms with Crippen LogP contribution in [0.2, 0.25) is 5.02 Å². The molecule has 0 radical (unpaired) electrons. The Hall–Kier alpha value is -1.04. The zero-order valence-electron chi connectivity index (χ0n) is 11.7. The Bertz CT molecular complexity index is 775. The molecule has 0 amide bonds. The molecule has 6 heteroatoms. The highest BCUT2D eigenvalue weighted by Crippen LogP contribution is 2.24. The first kappa shape index (κ1) is 16.3. The maximum Gasteiger partial charge on any atom is 0.175 e. The standard InChI is InChI=1S/C15H15BrClNO2S/c1-10-3-6-13(21(2,19)20)8-15(10)18-9-11-4-5-12(16)7-14(11)17/h3-8,18H,9H2,1-2H3. The lowest BCUT2D eigenvalue weighted by Crippen LogP contribution is -2.04. The van der Waals surface area contributed by atoms with Crippen LogP contribution in [0, 0.1) is 6.92 Å². The summed E-state index contributed by atoms with van der Waals surface area (Å²) in [6.45, 7) is 2.46. The number of anilines is 1. The van der Waals surface area contributed by atoms with E-state index in [0.717, 1.165) is 21.3 Å². The lowest BCUT2D eigenvalue weighted by atomic mass is 10.2. The van der Waals surface area contributed by atoms with Crippen molar-refractivity contribution in [2.45, 2.75) is 18.4 Å². The number of hydrogen-bond acceptors (Lipinski definition) is 3. The second-order valence-corrected chi connectivity index (χ2v) is 8.18. The van der Waals surface area contributed by atoms with Crippen molar-refractivity contribution in [3.63, 3.8) is 0 Å². The summed E-state index contributed by atoms with van der Waals surface area (Å²) in [6.07, 6.45) is 1.20. The molecule has 0 saturated carbocycles. The largest absolute Gasteiger partial charge is 0.381 e. The van der Waals surface area contributed by atoms with Crippen LogP contribution in [0.25, 0.3) is 0 Å². The summed E-state index contributed by atoms with van der Waals surface area (Å²) < 4.78 is 24.1. The molecule has 0 atom stereocenters. The molecular weight excluding hydrogens is 374 g/mol. The van der Waals surface area contributed by atoms with E-state index < -0.39 is 9.84 Å². The minimum atomic E-state index is -3.21. The van der Waals surface area contributed by atoms with Crippen LogP contribution in [0.3, 0.4) is 0 Å². The molecule has 0 unspecified atom stereocenters. The van der Waals surface area contributed by atoms with Crippen LogP contribution in [0.1, 0.15) is 11.1 Å². The van der Waals surface area contributed by atoms with Gasteiger partial charge in [-0.1, -0.05) is 39.7 Å². The van der Waals surface area contributed by atoms with Crippen molar-refractivity contribution in [3.8, 4) is 0 Å². The summed E-state index contributed by atoms with van der Waals surface area (Å²) in [4.78, 5) is 0.303. The Kier molecular flexibility index (Phi) is 4.96. The molecule has 0 aromatic heterocycles. The number of hydrogen-bond donors (Lipinski definition) is 1. The number of aryl methyl sites for hydroxylation is 1. The molecule has 0 heterocycles. The van der Waals surface area contributed by atoms with Gasteiger partial charge < -0.3 is 5.32 Å². The van der Waals surface area contributed by atoms with Crippen molar-refractivity contribution < 1.29 is 8.42 Å². The molecule has 2 aromatic rings. The van der Waals surface area contributed by atoms with Gasteiger partial charge in [0.15, 0.2) is 9.84 Å². The number of benzene rings is 2. The first-order valence-electron chi connectivity index (χ1n) is 6.26. The summed E-state index contributed by atoms with van der Waals surface area (Å²) in [5.41, 5.74) is 2.72. The summed E-state index contributed by atoms with van der Waals surface area (Å²) in [7, 11) is -3.21. The SMILES string of the molecule is Cc1ccc(S(C)(=O)=O)cc1NCc1ccc(Br)cc1Cl. The fourth-order valence-corrected chi connectivity index (χ4v) is 3.27. The summed E-state index contributed by atoms with van der Waals surface area (Å²) in [6, 6.07) is 10.7. The van der Waals surface area contributed by atoms with Gasteiger partial charge in [-0.15, -0.1) is 0 Å². The fourth-order valence-electron chi connectivity index (χ4n) is 1.88. The Balaban J connectivity index is 2.23. The first-order chi connectivity index (χ1) is 9.77. The molecule has 1 N–H and O–H groups in total. The van der Waals surface area contributed by atoms with Gasteiger partial charge in [-0.05, 0) is 42.3 Å². The van der Waals surface area contributed by atoms with Gasteiger partial charge in [0.1, 0.15) is 0 Å². The molecule has 0 aliphatic rings. The Morgan fingerprint density at radius 3 is 2.52 bits per heavy atom. The normalized spacial score (nSPS) is 11.4. The molecule has 0 bridgehead atoms. The van der Waals surface area contributed by atoms with Crippen molar-refractivity contribution >= 4 is 43.1 Å². The Morgan fingerprint density at radius 1 is 1.19 bits per heavy atom. The van der Waals surface area contributed by atoms with Gasteiger partial charge in [-0.2, -0.15) is 0 Å². The summed E-state index contributed by atoms with van der Waals surface area (Å²) >= 11 is 9.54. The van der Waals surface area contributed by atoms with Gasteiger partial charge >= 0.3 is 0 Å². The topological polar surface area (TPSA) is 46.2 Å². The van der Waals surface area contributed by atoms with E-state index in [4.69, 9.17) is 11.6 Å². The monoisotopic (exact) mass is 387 g/mol. The van der Waals surface area contributed by atoms with Gasteiger partial charge in [-0.3, -0.25) is 0 Å². The van der Waals surface area contributed by atoms with E-state index in [0.29, 0.717) is 16.5 Å². The van der Waals surface area contributed by atoms with Crippen LogP contribution in [-0.2, 0) is 16.4 Å². The lowest BCUT2D eigenvalue weighted by molar-refractivity contribution is 0.602. The quantitative estimate of drug-likeness (QED) is 0.843. The van der Waals surface area contributed by atoms with E-state index in [-0.39, 0.29) is 0 Å². The lowest BCUT2D eigenvalue weighted by Gasteiger charge is -2.12. The Morgan fingerprint density at radius 2 is 1.90 bits per heavy atom. The molecule has 0 saturated heterocycles. The smallest absolute Gasteiger partial charge is 0.175 e. The van der Waals surface area contributed by atoms with Crippen LogP contribution in [-0.4, -0.2) is 14.7 Å². The highest BCUT2D eigenvalue weighted by Gasteiger charge is 2.09. The first-order valence-corrected chi connectivity index (χ1v) is 9.32. The van der Waals surface area contributed by atoms with E-state index in [1.54, 1.807) is 18.2 Å². The molecule has 0 spiro atoms.